The quantitative estimate of drug-likeness (QED) is 0.498. The molecule has 7 heteroatoms. The molecule has 1 unspecified atom stereocenters. The van der Waals surface area contributed by atoms with E-state index in [9.17, 15) is 8.42 Å². The second kappa shape index (κ2) is 10.1. The maximum absolute atomic E-state index is 12.5. The Morgan fingerprint density at radius 2 is 1.78 bits per heavy atom. The molecule has 1 atom stereocenters. The van der Waals surface area contributed by atoms with E-state index in [1.54, 1.807) is 16.4 Å². The van der Waals surface area contributed by atoms with E-state index < -0.39 is 10.0 Å². The van der Waals surface area contributed by atoms with E-state index in [1.807, 2.05) is 12.1 Å². The second-order valence-corrected chi connectivity index (χ2v) is 9.76. The van der Waals surface area contributed by atoms with E-state index in [4.69, 9.17) is 5.73 Å². The molecule has 6 nitrogen and oxygen atoms in total. The Balaban J connectivity index is 1.85. The number of hydrogen-bond donors (Lipinski definition) is 2. The van der Waals surface area contributed by atoms with Crippen molar-refractivity contribution in [2.75, 3.05) is 13.1 Å². The summed E-state index contributed by atoms with van der Waals surface area (Å²) in [6, 6.07) is 7.24. The number of nitrogens with zero attached hydrogens (tertiary/aromatic N) is 2. The van der Waals surface area contributed by atoms with Gasteiger partial charge in [0.05, 0.1) is 11.4 Å². The largest absolute Gasteiger partial charge is 0.370 e. The number of nitrogens with two attached hydrogens (primary N) is 1. The molecule has 1 aromatic carbocycles. The zero-order valence-corrected chi connectivity index (χ0v) is 17.6. The van der Waals surface area contributed by atoms with Gasteiger partial charge in [-0.2, -0.15) is 4.31 Å². The summed E-state index contributed by atoms with van der Waals surface area (Å²) in [5, 5.41) is 3.22. The maximum atomic E-state index is 12.5. The van der Waals surface area contributed by atoms with Crippen molar-refractivity contribution in [3.05, 3.63) is 29.8 Å². The molecule has 27 heavy (non-hydrogen) atoms. The van der Waals surface area contributed by atoms with Crippen LogP contribution in [-0.2, 0) is 16.6 Å². The van der Waals surface area contributed by atoms with Crippen molar-refractivity contribution in [3.8, 4) is 0 Å². The molecule has 1 fully saturated rings. The van der Waals surface area contributed by atoms with E-state index in [1.165, 1.54) is 12.8 Å². The maximum Gasteiger partial charge on any atom is 0.243 e. The molecule has 0 saturated carbocycles. The normalized spacial score (nSPS) is 17.4. The highest BCUT2D eigenvalue weighted by molar-refractivity contribution is 7.89. The van der Waals surface area contributed by atoms with Crippen molar-refractivity contribution < 1.29 is 8.42 Å². The van der Waals surface area contributed by atoms with E-state index in [-0.39, 0.29) is 0 Å². The molecule has 0 radical (unpaired) electrons. The van der Waals surface area contributed by atoms with E-state index in [0.29, 0.717) is 36.5 Å². The standard InChI is InChI=1S/C20H34N4O2S/c1-16(2)7-6-8-17(3)23-20(21)22-15-18-9-11-19(12-10-18)27(25,26)24-13-4-5-14-24/h9-12,16-17H,4-8,13-15H2,1-3H3,(H3,21,22,23). The number of benzene rings is 1. The molecule has 0 amide bonds. The van der Waals surface area contributed by atoms with Crippen molar-refractivity contribution in [2.24, 2.45) is 16.6 Å². The van der Waals surface area contributed by atoms with Crippen LogP contribution in [0, 0.1) is 5.92 Å². The number of guanidine groups is 1. The Morgan fingerprint density at radius 3 is 2.37 bits per heavy atom. The third-order valence-electron chi connectivity index (χ3n) is 4.87. The number of hydrogen-bond acceptors (Lipinski definition) is 3. The molecule has 1 heterocycles. The Kier molecular flexibility index (Phi) is 8.10. The molecule has 1 aromatic rings. The zero-order chi connectivity index (χ0) is 19.9. The fourth-order valence-electron chi connectivity index (χ4n) is 3.22. The van der Waals surface area contributed by atoms with Crippen LogP contribution < -0.4 is 11.1 Å². The van der Waals surface area contributed by atoms with E-state index in [0.717, 1.165) is 30.7 Å². The zero-order valence-electron chi connectivity index (χ0n) is 16.8. The molecule has 3 N–H and O–H groups in total. The Labute approximate surface area is 164 Å². The van der Waals surface area contributed by atoms with Crippen molar-refractivity contribution in [1.29, 1.82) is 0 Å². The summed E-state index contributed by atoms with van der Waals surface area (Å²) < 4.78 is 26.6. The van der Waals surface area contributed by atoms with Gasteiger partial charge in [-0.05, 0) is 49.8 Å². The van der Waals surface area contributed by atoms with Gasteiger partial charge in [0.25, 0.3) is 0 Å². The first-order valence-electron chi connectivity index (χ1n) is 9.94. The Bertz CT molecular complexity index is 708. The molecular formula is C20H34N4O2S. The Morgan fingerprint density at radius 1 is 1.15 bits per heavy atom. The summed E-state index contributed by atoms with van der Waals surface area (Å²) in [4.78, 5) is 4.72. The average Bonchev–Trinajstić information content (AvgIpc) is 3.15. The fourth-order valence-corrected chi connectivity index (χ4v) is 4.74. The molecule has 2 rings (SSSR count). The first-order valence-corrected chi connectivity index (χ1v) is 11.4. The second-order valence-electron chi connectivity index (χ2n) is 7.83. The van der Waals surface area contributed by atoms with Crippen LogP contribution in [0.15, 0.2) is 34.2 Å². The summed E-state index contributed by atoms with van der Waals surface area (Å²) >= 11 is 0. The Hall–Kier alpha value is -1.60. The van der Waals surface area contributed by atoms with Crippen molar-refractivity contribution in [1.82, 2.24) is 9.62 Å². The SMILES string of the molecule is CC(C)CCCC(C)NC(N)=NCc1ccc(S(=O)(=O)N2CCCC2)cc1. The average molecular weight is 395 g/mol. The van der Waals surface area contributed by atoms with Crippen LogP contribution >= 0.6 is 0 Å². The van der Waals surface area contributed by atoms with Gasteiger partial charge in [-0.3, -0.25) is 0 Å². The molecule has 0 spiro atoms. The minimum absolute atomic E-state index is 0.292. The number of nitrogens with one attached hydrogen (secondary N) is 1. The van der Waals surface area contributed by atoms with Crippen LogP contribution in [-0.4, -0.2) is 37.8 Å². The van der Waals surface area contributed by atoms with Gasteiger partial charge in [-0.1, -0.05) is 38.8 Å². The van der Waals surface area contributed by atoms with Gasteiger partial charge in [0, 0.05) is 19.1 Å². The van der Waals surface area contributed by atoms with Gasteiger partial charge in [-0.15, -0.1) is 0 Å². The predicted octanol–water partition coefficient (Wildman–Crippen LogP) is 3.09. The third-order valence-corrected chi connectivity index (χ3v) is 6.78. The van der Waals surface area contributed by atoms with Crippen LogP contribution in [0.1, 0.15) is 58.4 Å². The minimum Gasteiger partial charge on any atom is -0.370 e. The highest BCUT2D eigenvalue weighted by Crippen LogP contribution is 2.21. The van der Waals surface area contributed by atoms with Gasteiger partial charge < -0.3 is 11.1 Å². The predicted molar refractivity (Wildman–Crippen MR) is 111 cm³/mol. The monoisotopic (exact) mass is 394 g/mol. The van der Waals surface area contributed by atoms with Crippen LogP contribution in [0.3, 0.4) is 0 Å². The molecule has 0 aromatic heterocycles. The lowest BCUT2D eigenvalue weighted by molar-refractivity contribution is 0.477. The first kappa shape index (κ1) is 21.7. The van der Waals surface area contributed by atoms with Crippen molar-refractivity contribution in [3.63, 3.8) is 0 Å². The summed E-state index contributed by atoms with van der Waals surface area (Å²) in [6.45, 7) is 8.24. The third kappa shape index (κ3) is 6.81. The van der Waals surface area contributed by atoms with Gasteiger partial charge in [0.15, 0.2) is 5.96 Å². The van der Waals surface area contributed by atoms with Crippen LogP contribution in [0.5, 0.6) is 0 Å². The first-order chi connectivity index (χ1) is 12.8. The number of sulfonamides is 1. The molecule has 1 aliphatic heterocycles. The van der Waals surface area contributed by atoms with Crippen molar-refractivity contribution >= 4 is 16.0 Å². The van der Waals surface area contributed by atoms with E-state index in [2.05, 4.69) is 31.1 Å². The fraction of sp³-hybridized carbons (Fsp3) is 0.650. The molecule has 1 aliphatic rings. The van der Waals surface area contributed by atoms with Crippen LogP contribution in [0.2, 0.25) is 0 Å². The highest BCUT2D eigenvalue weighted by Gasteiger charge is 2.26. The van der Waals surface area contributed by atoms with Gasteiger partial charge in [0.2, 0.25) is 10.0 Å². The van der Waals surface area contributed by atoms with Gasteiger partial charge in [-0.25, -0.2) is 13.4 Å². The number of rotatable bonds is 9. The summed E-state index contributed by atoms with van der Waals surface area (Å²) in [5.41, 5.74) is 6.91. The summed E-state index contributed by atoms with van der Waals surface area (Å²) in [7, 11) is -3.36. The molecular weight excluding hydrogens is 360 g/mol. The number of aliphatic imine (C=N–C) groups is 1. The molecule has 0 aliphatic carbocycles. The summed E-state index contributed by atoms with van der Waals surface area (Å²) in [5.74, 6) is 1.15. The van der Waals surface area contributed by atoms with Crippen molar-refractivity contribution in [2.45, 2.75) is 70.4 Å². The lowest BCUT2D eigenvalue weighted by Crippen LogP contribution is -2.38. The molecule has 1 saturated heterocycles. The highest BCUT2D eigenvalue weighted by atomic mass is 32.2. The van der Waals surface area contributed by atoms with Gasteiger partial charge in [0.1, 0.15) is 0 Å². The lowest BCUT2D eigenvalue weighted by Gasteiger charge is -2.16. The van der Waals surface area contributed by atoms with Crippen LogP contribution in [0.4, 0.5) is 0 Å². The van der Waals surface area contributed by atoms with E-state index >= 15 is 0 Å². The lowest BCUT2D eigenvalue weighted by atomic mass is 10.0. The summed E-state index contributed by atoms with van der Waals surface area (Å²) in [6.07, 6.45) is 5.33. The van der Waals surface area contributed by atoms with Gasteiger partial charge >= 0.3 is 0 Å². The molecule has 152 valence electrons. The minimum atomic E-state index is -3.36. The van der Waals surface area contributed by atoms with Crippen LogP contribution in [0.25, 0.3) is 0 Å². The molecule has 0 bridgehead atoms. The smallest absolute Gasteiger partial charge is 0.243 e. The topological polar surface area (TPSA) is 87.8 Å².